The normalized spacial score (nSPS) is 12.0. The van der Waals surface area contributed by atoms with Crippen LogP contribution in [0.1, 0.15) is 20.8 Å². The standard InChI is InChI=1S/C19H21BrO4S/c1-19(2,3)13-24-18(21)12-25(22,23)17-10-6-15(7-11-17)14-4-8-16(20)9-5-14/h4-11H,12-13H2,1-3H3. The van der Waals surface area contributed by atoms with Crippen molar-refractivity contribution in [2.45, 2.75) is 25.7 Å². The van der Waals surface area contributed by atoms with Gasteiger partial charge in [0.1, 0.15) is 0 Å². The van der Waals surface area contributed by atoms with Crippen molar-refractivity contribution in [2.24, 2.45) is 5.41 Å². The van der Waals surface area contributed by atoms with E-state index < -0.39 is 21.6 Å². The third kappa shape index (κ3) is 5.97. The SMILES string of the molecule is CC(C)(C)COC(=O)CS(=O)(=O)c1ccc(-c2ccc(Br)cc2)cc1. The molecule has 2 rings (SSSR count). The van der Waals surface area contributed by atoms with Crippen molar-refractivity contribution in [3.8, 4) is 11.1 Å². The number of ether oxygens (including phenoxy) is 1. The summed E-state index contributed by atoms with van der Waals surface area (Å²) >= 11 is 3.38. The van der Waals surface area contributed by atoms with Gasteiger partial charge in [0, 0.05) is 4.47 Å². The van der Waals surface area contributed by atoms with Crippen LogP contribution < -0.4 is 0 Å². The summed E-state index contributed by atoms with van der Waals surface area (Å²) in [6.07, 6.45) is 0. The summed E-state index contributed by atoms with van der Waals surface area (Å²) in [6, 6.07) is 14.2. The van der Waals surface area contributed by atoms with Crippen LogP contribution in [0.5, 0.6) is 0 Å². The van der Waals surface area contributed by atoms with Crippen molar-refractivity contribution in [2.75, 3.05) is 12.4 Å². The van der Waals surface area contributed by atoms with Crippen LogP contribution in [0.4, 0.5) is 0 Å². The van der Waals surface area contributed by atoms with E-state index in [2.05, 4.69) is 15.9 Å². The third-order valence-corrected chi connectivity index (χ3v) is 5.50. The summed E-state index contributed by atoms with van der Waals surface area (Å²) in [5, 5.41) is 0. The van der Waals surface area contributed by atoms with Gasteiger partial charge in [0.05, 0.1) is 11.5 Å². The van der Waals surface area contributed by atoms with Gasteiger partial charge in [-0.15, -0.1) is 0 Å². The molecule has 0 N–H and O–H groups in total. The number of carbonyl (C=O) groups excluding carboxylic acids is 1. The number of benzene rings is 2. The molecule has 0 amide bonds. The van der Waals surface area contributed by atoms with Crippen LogP contribution in [-0.4, -0.2) is 26.7 Å². The molecule has 6 heteroatoms. The average Bonchev–Trinajstić information content (AvgIpc) is 2.53. The van der Waals surface area contributed by atoms with Crippen molar-refractivity contribution in [1.29, 1.82) is 0 Å². The van der Waals surface area contributed by atoms with Gasteiger partial charge in [-0.05, 0) is 40.8 Å². The Balaban J connectivity index is 2.09. The van der Waals surface area contributed by atoms with Crippen LogP contribution in [0.2, 0.25) is 0 Å². The molecule has 0 bridgehead atoms. The van der Waals surface area contributed by atoms with E-state index in [4.69, 9.17) is 4.74 Å². The molecule has 0 aliphatic carbocycles. The molecule has 0 aliphatic rings. The number of halogens is 1. The van der Waals surface area contributed by atoms with Crippen molar-refractivity contribution >= 4 is 31.7 Å². The van der Waals surface area contributed by atoms with Crippen molar-refractivity contribution in [3.05, 3.63) is 53.0 Å². The van der Waals surface area contributed by atoms with Crippen LogP contribution in [0.3, 0.4) is 0 Å². The van der Waals surface area contributed by atoms with E-state index in [0.29, 0.717) is 0 Å². The quantitative estimate of drug-likeness (QED) is 0.663. The summed E-state index contributed by atoms with van der Waals surface area (Å²) in [6.45, 7) is 5.92. The Hall–Kier alpha value is -1.66. The first-order chi connectivity index (χ1) is 11.6. The van der Waals surface area contributed by atoms with Gasteiger partial charge in [-0.25, -0.2) is 8.42 Å². The molecule has 134 valence electrons. The van der Waals surface area contributed by atoms with Crippen molar-refractivity contribution in [1.82, 2.24) is 0 Å². The van der Waals surface area contributed by atoms with E-state index in [1.807, 2.05) is 45.0 Å². The van der Waals surface area contributed by atoms with Crippen LogP contribution in [0, 0.1) is 5.41 Å². The van der Waals surface area contributed by atoms with E-state index in [1.165, 1.54) is 12.1 Å². The molecule has 0 aliphatic heterocycles. The largest absolute Gasteiger partial charge is 0.464 e. The second-order valence-corrected chi connectivity index (χ2v) is 9.92. The zero-order valence-electron chi connectivity index (χ0n) is 14.5. The maximum absolute atomic E-state index is 12.4. The highest BCUT2D eigenvalue weighted by molar-refractivity contribution is 9.10. The molecular weight excluding hydrogens is 404 g/mol. The minimum Gasteiger partial charge on any atom is -0.464 e. The molecule has 2 aromatic carbocycles. The van der Waals surface area contributed by atoms with Crippen molar-refractivity contribution in [3.63, 3.8) is 0 Å². The van der Waals surface area contributed by atoms with Crippen LogP contribution >= 0.6 is 15.9 Å². The molecule has 0 atom stereocenters. The molecule has 4 nitrogen and oxygen atoms in total. The van der Waals surface area contributed by atoms with Crippen LogP contribution in [0.15, 0.2) is 57.9 Å². The highest BCUT2D eigenvalue weighted by Gasteiger charge is 2.22. The molecule has 0 aromatic heterocycles. The Kier molecular flexibility index (Phi) is 6.06. The van der Waals surface area contributed by atoms with Gasteiger partial charge < -0.3 is 4.74 Å². The summed E-state index contributed by atoms with van der Waals surface area (Å²) in [4.78, 5) is 11.9. The summed E-state index contributed by atoms with van der Waals surface area (Å²) in [5.74, 6) is -1.38. The minimum atomic E-state index is -3.71. The first kappa shape index (κ1) is 19.7. The monoisotopic (exact) mass is 424 g/mol. The molecule has 0 radical (unpaired) electrons. The van der Waals surface area contributed by atoms with Gasteiger partial charge in [0.15, 0.2) is 15.6 Å². The Morgan fingerprint density at radius 2 is 1.44 bits per heavy atom. The van der Waals surface area contributed by atoms with Gasteiger partial charge in [-0.1, -0.05) is 61.0 Å². The Bertz CT molecular complexity index is 832. The predicted molar refractivity (Wildman–Crippen MR) is 102 cm³/mol. The fourth-order valence-electron chi connectivity index (χ4n) is 2.07. The lowest BCUT2D eigenvalue weighted by Crippen LogP contribution is -2.23. The smallest absolute Gasteiger partial charge is 0.321 e. The Morgan fingerprint density at radius 3 is 1.92 bits per heavy atom. The summed E-state index contributed by atoms with van der Waals surface area (Å²) in [5.41, 5.74) is 1.68. The molecule has 2 aromatic rings. The number of esters is 1. The van der Waals surface area contributed by atoms with E-state index >= 15 is 0 Å². The zero-order chi connectivity index (χ0) is 18.7. The third-order valence-electron chi connectivity index (χ3n) is 3.37. The molecule has 0 spiro atoms. The van der Waals surface area contributed by atoms with E-state index in [-0.39, 0.29) is 16.9 Å². The molecule has 0 fully saturated rings. The number of sulfone groups is 1. The minimum absolute atomic E-state index is 0.112. The lowest BCUT2D eigenvalue weighted by atomic mass is 9.99. The van der Waals surface area contributed by atoms with Gasteiger partial charge in [-0.3, -0.25) is 4.79 Å². The molecule has 25 heavy (non-hydrogen) atoms. The van der Waals surface area contributed by atoms with Crippen LogP contribution in [-0.2, 0) is 19.4 Å². The number of carbonyl (C=O) groups is 1. The van der Waals surface area contributed by atoms with E-state index in [1.54, 1.807) is 12.1 Å². The molecular formula is C19H21BrO4S. The van der Waals surface area contributed by atoms with E-state index in [0.717, 1.165) is 15.6 Å². The zero-order valence-corrected chi connectivity index (χ0v) is 16.9. The highest BCUT2D eigenvalue weighted by atomic mass is 79.9. The summed E-state index contributed by atoms with van der Waals surface area (Å²) in [7, 11) is -3.71. The van der Waals surface area contributed by atoms with Gasteiger partial charge in [-0.2, -0.15) is 0 Å². The fraction of sp³-hybridized carbons (Fsp3) is 0.316. The van der Waals surface area contributed by atoms with Gasteiger partial charge in [0.2, 0.25) is 0 Å². The van der Waals surface area contributed by atoms with Gasteiger partial charge in [0.25, 0.3) is 0 Å². The number of hydrogen-bond donors (Lipinski definition) is 0. The maximum atomic E-state index is 12.4. The van der Waals surface area contributed by atoms with Crippen LogP contribution in [0.25, 0.3) is 11.1 Å². The molecule has 0 saturated heterocycles. The average molecular weight is 425 g/mol. The molecule has 0 heterocycles. The molecule has 0 saturated carbocycles. The molecule has 0 unspecified atom stereocenters. The predicted octanol–water partition coefficient (Wildman–Crippen LogP) is 4.48. The second kappa shape index (κ2) is 7.70. The second-order valence-electron chi connectivity index (χ2n) is 7.01. The topological polar surface area (TPSA) is 60.4 Å². The number of rotatable bonds is 5. The van der Waals surface area contributed by atoms with Gasteiger partial charge >= 0.3 is 5.97 Å². The summed E-state index contributed by atoms with van der Waals surface area (Å²) < 4.78 is 30.7. The highest BCUT2D eigenvalue weighted by Crippen LogP contribution is 2.24. The number of hydrogen-bond acceptors (Lipinski definition) is 4. The fourth-order valence-corrected chi connectivity index (χ4v) is 3.45. The lowest BCUT2D eigenvalue weighted by molar-refractivity contribution is -0.143. The Labute approximate surface area is 157 Å². The maximum Gasteiger partial charge on any atom is 0.321 e. The first-order valence-electron chi connectivity index (χ1n) is 7.81. The first-order valence-corrected chi connectivity index (χ1v) is 10.3. The Morgan fingerprint density at radius 1 is 0.960 bits per heavy atom. The van der Waals surface area contributed by atoms with Crippen molar-refractivity contribution < 1.29 is 17.9 Å². The van der Waals surface area contributed by atoms with E-state index in [9.17, 15) is 13.2 Å². The lowest BCUT2D eigenvalue weighted by Gasteiger charge is -2.17.